The van der Waals surface area contributed by atoms with Crippen molar-refractivity contribution in [3.8, 4) is 0 Å². The Bertz CT molecular complexity index is 92.9. The minimum atomic E-state index is 0.493. The Morgan fingerprint density at radius 3 is 2.56 bits per heavy atom. The van der Waals surface area contributed by atoms with Crippen LogP contribution in [0.1, 0.15) is 20.3 Å². The van der Waals surface area contributed by atoms with Gasteiger partial charge >= 0.3 is 0 Å². The second-order valence-corrected chi connectivity index (χ2v) is 2.94. The van der Waals surface area contributed by atoms with Gasteiger partial charge in [0.25, 0.3) is 0 Å². The van der Waals surface area contributed by atoms with Gasteiger partial charge in [-0.2, -0.15) is 0 Å². The molecular formula is C7H15NO. The van der Waals surface area contributed by atoms with Crippen LogP contribution in [-0.4, -0.2) is 25.3 Å². The lowest BCUT2D eigenvalue weighted by molar-refractivity contribution is 0.172. The molecule has 54 valence electrons. The SMILES string of the molecule is COC1CC1NC(C)C. The van der Waals surface area contributed by atoms with E-state index in [9.17, 15) is 0 Å². The Kier molecular flexibility index (Phi) is 2.09. The molecule has 0 bridgehead atoms. The van der Waals surface area contributed by atoms with E-state index in [1.165, 1.54) is 6.42 Å². The van der Waals surface area contributed by atoms with Crippen LogP contribution >= 0.6 is 0 Å². The lowest BCUT2D eigenvalue weighted by Crippen LogP contribution is -2.27. The summed E-state index contributed by atoms with van der Waals surface area (Å²) in [5.41, 5.74) is 0. The molecule has 2 nitrogen and oxygen atoms in total. The summed E-state index contributed by atoms with van der Waals surface area (Å²) in [6, 6.07) is 1.23. The Hall–Kier alpha value is -0.0800. The van der Waals surface area contributed by atoms with Crippen molar-refractivity contribution in [2.24, 2.45) is 0 Å². The van der Waals surface area contributed by atoms with Crippen LogP contribution in [0.4, 0.5) is 0 Å². The van der Waals surface area contributed by atoms with Crippen molar-refractivity contribution >= 4 is 0 Å². The molecule has 9 heavy (non-hydrogen) atoms. The van der Waals surface area contributed by atoms with Gasteiger partial charge in [0.15, 0.2) is 0 Å². The minimum Gasteiger partial charge on any atom is -0.380 e. The highest BCUT2D eigenvalue weighted by atomic mass is 16.5. The number of ether oxygens (including phenoxy) is 1. The van der Waals surface area contributed by atoms with Crippen LogP contribution in [0.15, 0.2) is 0 Å². The van der Waals surface area contributed by atoms with Crippen LogP contribution in [0.25, 0.3) is 0 Å². The summed E-state index contributed by atoms with van der Waals surface area (Å²) in [5, 5.41) is 3.39. The van der Waals surface area contributed by atoms with Gasteiger partial charge in [-0.1, -0.05) is 13.8 Å². The summed E-state index contributed by atoms with van der Waals surface area (Å²) in [4.78, 5) is 0. The molecule has 2 atom stereocenters. The van der Waals surface area contributed by atoms with Gasteiger partial charge in [0, 0.05) is 19.2 Å². The Labute approximate surface area is 56.6 Å². The van der Waals surface area contributed by atoms with E-state index in [0.717, 1.165) is 0 Å². The summed E-state index contributed by atoms with van der Waals surface area (Å²) >= 11 is 0. The van der Waals surface area contributed by atoms with Crippen molar-refractivity contribution in [1.29, 1.82) is 0 Å². The van der Waals surface area contributed by atoms with Crippen molar-refractivity contribution in [1.82, 2.24) is 5.32 Å². The Morgan fingerprint density at radius 2 is 2.22 bits per heavy atom. The summed E-state index contributed by atoms with van der Waals surface area (Å²) in [6.45, 7) is 4.32. The van der Waals surface area contributed by atoms with Crippen molar-refractivity contribution in [2.45, 2.75) is 38.5 Å². The zero-order valence-electron chi connectivity index (χ0n) is 6.35. The second-order valence-electron chi connectivity index (χ2n) is 2.94. The maximum absolute atomic E-state index is 5.11. The molecule has 0 aromatic heterocycles. The van der Waals surface area contributed by atoms with Gasteiger partial charge in [0.2, 0.25) is 0 Å². The molecular weight excluding hydrogens is 114 g/mol. The smallest absolute Gasteiger partial charge is 0.0741 e. The highest BCUT2D eigenvalue weighted by Gasteiger charge is 2.37. The highest BCUT2D eigenvalue weighted by molar-refractivity contribution is 4.95. The monoisotopic (exact) mass is 129 g/mol. The van der Waals surface area contributed by atoms with Gasteiger partial charge in [0.1, 0.15) is 0 Å². The van der Waals surface area contributed by atoms with Crippen molar-refractivity contribution in [3.05, 3.63) is 0 Å². The van der Waals surface area contributed by atoms with E-state index in [4.69, 9.17) is 4.74 Å². The molecule has 1 N–H and O–H groups in total. The fourth-order valence-electron chi connectivity index (χ4n) is 1.04. The van der Waals surface area contributed by atoms with Gasteiger partial charge in [-0.3, -0.25) is 0 Å². The van der Waals surface area contributed by atoms with Crippen LogP contribution in [0, 0.1) is 0 Å². The lowest BCUT2D eigenvalue weighted by atomic mass is 10.4. The third-order valence-corrected chi connectivity index (χ3v) is 1.58. The fourth-order valence-corrected chi connectivity index (χ4v) is 1.04. The summed E-state index contributed by atoms with van der Waals surface area (Å²) in [7, 11) is 1.77. The number of methoxy groups -OCH3 is 1. The first kappa shape index (κ1) is 7.03. The molecule has 1 aliphatic rings. The normalized spacial score (nSPS) is 33.3. The zero-order valence-corrected chi connectivity index (χ0v) is 6.35. The van der Waals surface area contributed by atoms with Gasteiger partial charge in [-0.05, 0) is 6.42 Å². The molecule has 0 saturated heterocycles. The molecule has 2 unspecified atom stereocenters. The van der Waals surface area contributed by atoms with Crippen LogP contribution in [0.5, 0.6) is 0 Å². The molecule has 2 heteroatoms. The molecule has 0 amide bonds. The maximum atomic E-state index is 5.11. The van der Waals surface area contributed by atoms with Gasteiger partial charge < -0.3 is 10.1 Å². The van der Waals surface area contributed by atoms with Crippen LogP contribution in [-0.2, 0) is 4.74 Å². The van der Waals surface area contributed by atoms with E-state index in [1.807, 2.05) is 0 Å². The lowest BCUT2D eigenvalue weighted by Gasteiger charge is -2.05. The predicted molar refractivity (Wildman–Crippen MR) is 37.5 cm³/mol. The Morgan fingerprint density at radius 1 is 1.56 bits per heavy atom. The minimum absolute atomic E-state index is 0.493. The quantitative estimate of drug-likeness (QED) is 0.607. The summed E-state index contributed by atoms with van der Waals surface area (Å²) in [6.07, 6.45) is 1.68. The first-order chi connectivity index (χ1) is 4.24. The fraction of sp³-hybridized carbons (Fsp3) is 1.00. The molecule has 0 aromatic rings. The first-order valence-corrected chi connectivity index (χ1v) is 3.53. The third-order valence-electron chi connectivity index (χ3n) is 1.58. The summed E-state index contributed by atoms with van der Waals surface area (Å²) in [5.74, 6) is 0. The number of hydrogen-bond acceptors (Lipinski definition) is 2. The second kappa shape index (κ2) is 2.67. The molecule has 1 rings (SSSR count). The topological polar surface area (TPSA) is 21.3 Å². The molecule has 0 spiro atoms. The maximum Gasteiger partial charge on any atom is 0.0741 e. The standard InChI is InChI=1S/C7H15NO/c1-5(2)8-6-4-7(6)9-3/h5-8H,4H2,1-3H3. The van der Waals surface area contributed by atoms with Crippen LogP contribution < -0.4 is 5.32 Å². The third kappa shape index (κ3) is 1.95. The highest BCUT2D eigenvalue weighted by Crippen LogP contribution is 2.24. The molecule has 0 heterocycles. The van der Waals surface area contributed by atoms with Gasteiger partial charge in [0.05, 0.1) is 6.10 Å². The first-order valence-electron chi connectivity index (χ1n) is 3.53. The van der Waals surface area contributed by atoms with E-state index in [0.29, 0.717) is 18.2 Å². The van der Waals surface area contributed by atoms with E-state index < -0.39 is 0 Å². The number of rotatable bonds is 3. The van der Waals surface area contributed by atoms with E-state index >= 15 is 0 Å². The van der Waals surface area contributed by atoms with Crippen molar-refractivity contribution in [2.75, 3.05) is 7.11 Å². The zero-order chi connectivity index (χ0) is 6.85. The van der Waals surface area contributed by atoms with Crippen molar-refractivity contribution in [3.63, 3.8) is 0 Å². The van der Waals surface area contributed by atoms with E-state index in [2.05, 4.69) is 19.2 Å². The number of nitrogens with one attached hydrogen (secondary N) is 1. The Balaban J connectivity index is 2.05. The largest absolute Gasteiger partial charge is 0.380 e. The van der Waals surface area contributed by atoms with E-state index in [1.54, 1.807) is 7.11 Å². The van der Waals surface area contributed by atoms with Crippen LogP contribution in [0.2, 0.25) is 0 Å². The molecule has 0 aromatic carbocycles. The average molecular weight is 129 g/mol. The summed E-state index contributed by atoms with van der Waals surface area (Å²) < 4.78 is 5.11. The number of hydrogen-bond donors (Lipinski definition) is 1. The molecule has 1 saturated carbocycles. The van der Waals surface area contributed by atoms with Gasteiger partial charge in [-0.15, -0.1) is 0 Å². The van der Waals surface area contributed by atoms with E-state index in [-0.39, 0.29) is 0 Å². The molecule has 0 radical (unpaired) electrons. The predicted octanol–water partition coefficient (Wildman–Crippen LogP) is 0.772. The molecule has 0 aliphatic heterocycles. The molecule has 1 fully saturated rings. The van der Waals surface area contributed by atoms with Crippen molar-refractivity contribution < 1.29 is 4.74 Å². The van der Waals surface area contributed by atoms with Gasteiger partial charge in [-0.25, -0.2) is 0 Å². The molecule has 1 aliphatic carbocycles. The van der Waals surface area contributed by atoms with Crippen LogP contribution in [0.3, 0.4) is 0 Å². The average Bonchev–Trinajstić information content (AvgIpc) is 2.45.